The number of nitrogens with zero attached hydrogens (tertiary/aromatic N) is 3. The van der Waals surface area contributed by atoms with Crippen molar-refractivity contribution in [3.05, 3.63) is 29.7 Å². The molecule has 0 aliphatic heterocycles. The molecule has 0 fully saturated rings. The van der Waals surface area contributed by atoms with Gasteiger partial charge in [0.05, 0.1) is 12.7 Å². The van der Waals surface area contributed by atoms with Gasteiger partial charge in [0.1, 0.15) is 6.10 Å². The first-order valence-corrected chi connectivity index (χ1v) is 4.74. The Morgan fingerprint density at radius 1 is 1.50 bits per heavy atom. The number of rotatable bonds is 2. The quantitative estimate of drug-likeness (QED) is 0.750. The number of fused-ring (bicyclic) bond motifs is 1. The van der Waals surface area contributed by atoms with Gasteiger partial charge in [0, 0.05) is 6.20 Å². The number of ether oxygens (including phenoxy) is 1. The van der Waals surface area contributed by atoms with Crippen LogP contribution in [0.2, 0.25) is 0 Å². The van der Waals surface area contributed by atoms with Crippen molar-refractivity contribution in [2.45, 2.75) is 13.0 Å². The van der Waals surface area contributed by atoms with E-state index in [2.05, 4.69) is 14.9 Å². The molecule has 0 radical (unpaired) electrons. The molecule has 6 nitrogen and oxygen atoms in total. The van der Waals surface area contributed by atoms with E-state index in [1.165, 1.54) is 7.11 Å². The highest BCUT2D eigenvalue weighted by Crippen LogP contribution is 2.13. The summed E-state index contributed by atoms with van der Waals surface area (Å²) < 4.78 is 6.17. The number of aliphatic hydroxyl groups excluding tert-OH is 1. The molecule has 2 rings (SSSR count). The van der Waals surface area contributed by atoms with E-state index >= 15 is 0 Å². The van der Waals surface area contributed by atoms with Crippen LogP contribution in [0.4, 0.5) is 0 Å². The molecule has 0 amide bonds. The third-order valence-corrected chi connectivity index (χ3v) is 2.22. The van der Waals surface area contributed by atoms with Gasteiger partial charge in [0.15, 0.2) is 11.5 Å². The van der Waals surface area contributed by atoms with E-state index < -0.39 is 12.1 Å². The van der Waals surface area contributed by atoms with Crippen LogP contribution in [-0.2, 0) is 4.74 Å². The van der Waals surface area contributed by atoms with Crippen molar-refractivity contribution >= 4 is 11.6 Å². The van der Waals surface area contributed by atoms with Gasteiger partial charge in [-0.2, -0.15) is 0 Å². The Hall–Kier alpha value is -1.95. The van der Waals surface area contributed by atoms with Crippen LogP contribution in [0.1, 0.15) is 29.2 Å². The van der Waals surface area contributed by atoms with E-state index in [-0.39, 0.29) is 0 Å². The first-order valence-electron chi connectivity index (χ1n) is 4.74. The molecular formula is C10H11N3O3. The second-order valence-corrected chi connectivity index (χ2v) is 3.37. The number of esters is 1. The molecule has 6 heteroatoms. The SMILES string of the molecule is COC(=O)c1ccc2nnc(C(C)O)n2c1. The minimum atomic E-state index is -0.747. The van der Waals surface area contributed by atoms with Crippen LogP contribution < -0.4 is 0 Å². The molecule has 2 aromatic heterocycles. The molecule has 1 N–H and O–H groups in total. The lowest BCUT2D eigenvalue weighted by Gasteiger charge is -2.03. The van der Waals surface area contributed by atoms with Crippen molar-refractivity contribution in [3.63, 3.8) is 0 Å². The normalized spacial score (nSPS) is 12.7. The van der Waals surface area contributed by atoms with Gasteiger partial charge in [-0.25, -0.2) is 4.79 Å². The van der Waals surface area contributed by atoms with Gasteiger partial charge >= 0.3 is 5.97 Å². The summed E-state index contributed by atoms with van der Waals surface area (Å²) in [7, 11) is 1.31. The van der Waals surface area contributed by atoms with Crippen LogP contribution in [0.3, 0.4) is 0 Å². The Morgan fingerprint density at radius 3 is 2.88 bits per heavy atom. The predicted octanol–water partition coefficient (Wildman–Crippen LogP) is 0.569. The number of carbonyl (C=O) groups is 1. The number of hydrogen-bond acceptors (Lipinski definition) is 5. The van der Waals surface area contributed by atoms with Crippen LogP contribution in [0.25, 0.3) is 5.65 Å². The van der Waals surface area contributed by atoms with Gasteiger partial charge in [-0.1, -0.05) is 0 Å². The van der Waals surface area contributed by atoms with Crippen molar-refractivity contribution in [1.29, 1.82) is 0 Å². The van der Waals surface area contributed by atoms with Crippen LogP contribution in [0.5, 0.6) is 0 Å². The maximum atomic E-state index is 11.3. The fourth-order valence-corrected chi connectivity index (χ4v) is 1.43. The summed E-state index contributed by atoms with van der Waals surface area (Å²) in [6, 6.07) is 3.24. The Kier molecular flexibility index (Phi) is 2.57. The Labute approximate surface area is 91.5 Å². The molecular weight excluding hydrogens is 210 g/mol. The lowest BCUT2D eigenvalue weighted by molar-refractivity contribution is 0.0600. The maximum Gasteiger partial charge on any atom is 0.339 e. The zero-order chi connectivity index (χ0) is 11.7. The van der Waals surface area contributed by atoms with Crippen LogP contribution >= 0.6 is 0 Å². The molecule has 0 saturated carbocycles. The highest BCUT2D eigenvalue weighted by atomic mass is 16.5. The monoisotopic (exact) mass is 221 g/mol. The number of aliphatic hydroxyl groups is 1. The zero-order valence-corrected chi connectivity index (χ0v) is 8.91. The summed E-state index contributed by atoms with van der Waals surface area (Å²) in [5.74, 6) is -0.0482. The average molecular weight is 221 g/mol. The number of pyridine rings is 1. The minimum absolute atomic E-state index is 0.386. The molecule has 0 aliphatic rings. The Morgan fingerprint density at radius 2 is 2.25 bits per heavy atom. The summed E-state index contributed by atoms with van der Waals surface area (Å²) in [6.07, 6.45) is 0.798. The molecule has 0 bridgehead atoms. The summed E-state index contributed by atoms with van der Waals surface area (Å²) in [6.45, 7) is 1.58. The lowest BCUT2D eigenvalue weighted by Crippen LogP contribution is -2.05. The molecule has 0 saturated heterocycles. The summed E-state index contributed by atoms with van der Waals surface area (Å²) >= 11 is 0. The second-order valence-electron chi connectivity index (χ2n) is 3.37. The van der Waals surface area contributed by atoms with Gasteiger partial charge in [0.25, 0.3) is 0 Å². The largest absolute Gasteiger partial charge is 0.465 e. The Bertz CT molecular complexity index is 533. The van der Waals surface area contributed by atoms with E-state index in [1.54, 1.807) is 29.7 Å². The molecule has 2 heterocycles. The molecule has 1 unspecified atom stereocenters. The molecule has 2 aromatic rings. The zero-order valence-electron chi connectivity index (χ0n) is 8.91. The first-order chi connectivity index (χ1) is 7.63. The molecule has 0 aliphatic carbocycles. The van der Waals surface area contributed by atoms with Gasteiger partial charge < -0.3 is 9.84 Å². The van der Waals surface area contributed by atoms with E-state index in [1.807, 2.05) is 0 Å². The van der Waals surface area contributed by atoms with Crippen LogP contribution in [0, 0.1) is 0 Å². The third kappa shape index (κ3) is 1.63. The molecule has 0 aromatic carbocycles. The molecule has 16 heavy (non-hydrogen) atoms. The van der Waals surface area contributed by atoms with E-state index in [9.17, 15) is 9.90 Å². The smallest absolute Gasteiger partial charge is 0.339 e. The van der Waals surface area contributed by atoms with E-state index in [0.29, 0.717) is 17.0 Å². The van der Waals surface area contributed by atoms with Gasteiger partial charge in [-0.3, -0.25) is 4.40 Å². The highest BCUT2D eigenvalue weighted by Gasteiger charge is 2.13. The predicted molar refractivity (Wildman–Crippen MR) is 55.0 cm³/mol. The van der Waals surface area contributed by atoms with Crippen molar-refractivity contribution < 1.29 is 14.6 Å². The average Bonchev–Trinajstić information content (AvgIpc) is 2.70. The molecule has 0 spiro atoms. The number of carbonyl (C=O) groups excluding carboxylic acids is 1. The number of aromatic nitrogens is 3. The van der Waals surface area contributed by atoms with Crippen LogP contribution in [0.15, 0.2) is 18.3 Å². The summed E-state index contributed by atoms with van der Waals surface area (Å²) in [5.41, 5.74) is 0.959. The van der Waals surface area contributed by atoms with E-state index in [0.717, 1.165) is 0 Å². The molecule has 84 valence electrons. The van der Waals surface area contributed by atoms with Gasteiger partial charge in [-0.15, -0.1) is 10.2 Å². The van der Waals surface area contributed by atoms with Crippen LogP contribution in [-0.4, -0.2) is 32.8 Å². The highest BCUT2D eigenvalue weighted by molar-refractivity contribution is 5.89. The van der Waals surface area contributed by atoms with Crippen molar-refractivity contribution in [2.75, 3.05) is 7.11 Å². The minimum Gasteiger partial charge on any atom is -0.465 e. The standard InChI is InChI=1S/C10H11N3O3/c1-6(14)9-12-11-8-4-3-7(5-13(8)9)10(15)16-2/h3-6,14H,1-2H3. The van der Waals surface area contributed by atoms with Gasteiger partial charge in [0.2, 0.25) is 0 Å². The number of hydrogen-bond donors (Lipinski definition) is 1. The first kappa shape index (κ1) is 10.6. The molecule has 1 atom stereocenters. The summed E-state index contributed by atoms with van der Waals surface area (Å²) in [4.78, 5) is 11.3. The second kappa shape index (κ2) is 3.90. The van der Waals surface area contributed by atoms with Crippen molar-refractivity contribution in [2.24, 2.45) is 0 Å². The topological polar surface area (TPSA) is 76.7 Å². The Balaban J connectivity index is 2.58. The lowest BCUT2D eigenvalue weighted by atomic mass is 10.3. The third-order valence-electron chi connectivity index (χ3n) is 2.22. The van der Waals surface area contributed by atoms with E-state index in [4.69, 9.17) is 0 Å². The maximum absolute atomic E-state index is 11.3. The van der Waals surface area contributed by atoms with Gasteiger partial charge in [-0.05, 0) is 19.1 Å². The summed E-state index contributed by atoms with van der Waals surface area (Å²) in [5, 5.41) is 17.2. The number of methoxy groups -OCH3 is 1. The fourth-order valence-electron chi connectivity index (χ4n) is 1.43. The van der Waals surface area contributed by atoms with Crippen molar-refractivity contribution in [3.8, 4) is 0 Å². The van der Waals surface area contributed by atoms with Crippen molar-refractivity contribution in [1.82, 2.24) is 14.6 Å². The fraction of sp³-hybridized carbons (Fsp3) is 0.300.